The van der Waals surface area contributed by atoms with Gasteiger partial charge < -0.3 is 10.2 Å². The highest BCUT2D eigenvalue weighted by Gasteiger charge is 2.21. The molecule has 0 saturated carbocycles. The number of hydrogen-bond donors (Lipinski definition) is 2. The van der Waals surface area contributed by atoms with Crippen LogP contribution >= 0.6 is 0 Å². The van der Waals surface area contributed by atoms with Crippen LogP contribution in [0.3, 0.4) is 0 Å². The lowest BCUT2D eigenvalue weighted by atomic mass is 10.0. The lowest BCUT2D eigenvalue weighted by molar-refractivity contribution is -0.905. The average Bonchev–Trinajstić information content (AvgIpc) is 2.55. The molecule has 0 atom stereocenters. The quantitative estimate of drug-likeness (QED) is 0.777. The SMILES string of the molecule is CCC[NH+]1CCC(NC(=O)/C=C/c2ccc(C(C)C)cc2)CC1. The second-order valence-corrected chi connectivity index (χ2v) is 6.94. The first-order chi connectivity index (χ1) is 11.1. The molecule has 1 aliphatic heterocycles. The third-order valence-electron chi connectivity index (χ3n) is 4.67. The number of piperidine rings is 1. The van der Waals surface area contributed by atoms with E-state index >= 15 is 0 Å². The maximum atomic E-state index is 12.1. The smallest absolute Gasteiger partial charge is 0.244 e. The Hall–Kier alpha value is -1.61. The number of carbonyl (C=O) groups is 1. The van der Waals surface area contributed by atoms with E-state index < -0.39 is 0 Å². The summed E-state index contributed by atoms with van der Waals surface area (Å²) in [7, 11) is 0. The van der Waals surface area contributed by atoms with Crippen molar-refractivity contribution in [3.05, 3.63) is 41.5 Å². The number of quaternary nitrogens is 1. The van der Waals surface area contributed by atoms with Gasteiger partial charge in [-0.2, -0.15) is 0 Å². The van der Waals surface area contributed by atoms with Crippen molar-refractivity contribution in [1.29, 1.82) is 0 Å². The first-order valence-corrected chi connectivity index (χ1v) is 9.00. The minimum Gasteiger partial charge on any atom is -0.349 e. The average molecular weight is 315 g/mol. The first-order valence-electron chi connectivity index (χ1n) is 9.00. The lowest BCUT2D eigenvalue weighted by Gasteiger charge is -2.29. The van der Waals surface area contributed by atoms with Crippen molar-refractivity contribution >= 4 is 12.0 Å². The molecule has 0 aliphatic carbocycles. The van der Waals surface area contributed by atoms with E-state index in [2.05, 4.69) is 50.4 Å². The molecule has 0 bridgehead atoms. The van der Waals surface area contributed by atoms with Crippen molar-refractivity contribution in [3.63, 3.8) is 0 Å². The largest absolute Gasteiger partial charge is 0.349 e. The van der Waals surface area contributed by atoms with Crippen LogP contribution in [0, 0.1) is 0 Å². The Morgan fingerprint density at radius 3 is 2.48 bits per heavy atom. The third-order valence-corrected chi connectivity index (χ3v) is 4.67. The molecule has 2 N–H and O–H groups in total. The monoisotopic (exact) mass is 315 g/mol. The van der Waals surface area contributed by atoms with Crippen LogP contribution < -0.4 is 10.2 Å². The van der Waals surface area contributed by atoms with Crippen molar-refractivity contribution in [2.24, 2.45) is 0 Å². The molecule has 1 amide bonds. The number of hydrogen-bond acceptors (Lipinski definition) is 1. The van der Waals surface area contributed by atoms with Gasteiger partial charge in [0.2, 0.25) is 5.91 Å². The number of likely N-dealkylation sites (tertiary alicyclic amines) is 1. The summed E-state index contributed by atoms with van der Waals surface area (Å²) >= 11 is 0. The molecule has 3 heteroatoms. The Labute approximate surface area is 140 Å². The summed E-state index contributed by atoms with van der Waals surface area (Å²) in [6.45, 7) is 10.2. The molecule has 1 aliphatic rings. The highest BCUT2D eigenvalue weighted by Crippen LogP contribution is 2.15. The molecule has 0 spiro atoms. The molecule has 23 heavy (non-hydrogen) atoms. The fraction of sp³-hybridized carbons (Fsp3) is 0.550. The van der Waals surface area contributed by atoms with Crippen LogP contribution in [0.15, 0.2) is 30.3 Å². The highest BCUT2D eigenvalue weighted by molar-refractivity contribution is 5.91. The number of amides is 1. The van der Waals surface area contributed by atoms with E-state index in [1.165, 1.54) is 31.6 Å². The topological polar surface area (TPSA) is 33.5 Å². The van der Waals surface area contributed by atoms with Gasteiger partial charge in [0.05, 0.1) is 19.6 Å². The lowest BCUT2D eigenvalue weighted by Crippen LogP contribution is -3.13. The molecule has 126 valence electrons. The molecule has 1 aromatic carbocycles. The van der Waals surface area contributed by atoms with E-state index in [1.54, 1.807) is 11.0 Å². The van der Waals surface area contributed by atoms with Crippen molar-refractivity contribution in [3.8, 4) is 0 Å². The van der Waals surface area contributed by atoms with Crippen molar-refractivity contribution in [1.82, 2.24) is 5.32 Å². The highest BCUT2D eigenvalue weighted by atomic mass is 16.1. The molecule has 3 nitrogen and oxygen atoms in total. The second kappa shape index (κ2) is 8.88. The Morgan fingerprint density at radius 2 is 1.91 bits per heavy atom. The van der Waals surface area contributed by atoms with E-state index in [9.17, 15) is 4.79 Å². The Balaban J connectivity index is 1.78. The van der Waals surface area contributed by atoms with Crippen LogP contribution in [0.2, 0.25) is 0 Å². The van der Waals surface area contributed by atoms with Gasteiger partial charge >= 0.3 is 0 Å². The fourth-order valence-corrected chi connectivity index (χ4v) is 3.19. The summed E-state index contributed by atoms with van der Waals surface area (Å²) < 4.78 is 0. The van der Waals surface area contributed by atoms with E-state index in [0.29, 0.717) is 12.0 Å². The zero-order valence-electron chi connectivity index (χ0n) is 14.8. The molecule has 2 rings (SSSR count). The standard InChI is InChI=1S/C20H30N2O/c1-4-13-22-14-11-19(12-15-22)21-20(23)10-7-17-5-8-18(9-6-17)16(2)3/h5-10,16,19H,4,11-15H2,1-3H3,(H,21,23)/p+1/b10-7+. The number of nitrogens with one attached hydrogen (secondary N) is 2. The summed E-state index contributed by atoms with van der Waals surface area (Å²) in [6.07, 6.45) is 6.99. The van der Waals surface area contributed by atoms with Gasteiger partial charge in [-0.25, -0.2) is 0 Å². The van der Waals surface area contributed by atoms with E-state index in [0.717, 1.165) is 18.4 Å². The van der Waals surface area contributed by atoms with Crippen LogP contribution in [0.25, 0.3) is 6.08 Å². The van der Waals surface area contributed by atoms with Gasteiger partial charge in [0.25, 0.3) is 0 Å². The minimum atomic E-state index is 0.0295. The zero-order chi connectivity index (χ0) is 16.7. The predicted molar refractivity (Wildman–Crippen MR) is 96.6 cm³/mol. The third kappa shape index (κ3) is 5.83. The molecule has 0 unspecified atom stereocenters. The van der Waals surface area contributed by atoms with Gasteiger partial charge in [-0.05, 0) is 29.5 Å². The number of benzene rings is 1. The maximum absolute atomic E-state index is 12.1. The fourth-order valence-electron chi connectivity index (χ4n) is 3.19. The normalized spacial score (nSPS) is 21.7. The number of rotatable bonds is 6. The van der Waals surface area contributed by atoms with Gasteiger partial charge in [-0.3, -0.25) is 4.79 Å². The van der Waals surface area contributed by atoms with E-state index in [4.69, 9.17) is 0 Å². The molecule has 0 radical (unpaired) electrons. The van der Waals surface area contributed by atoms with Crippen LogP contribution in [0.4, 0.5) is 0 Å². The van der Waals surface area contributed by atoms with Gasteiger partial charge in [0.15, 0.2) is 0 Å². The second-order valence-electron chi connectivity index (χ2n) is 6.94. The Kier molecular flexibility index (Phi) is 6.85. The molecule has 0 aromatic heterocycles. The molecular formula is C20H31N2O+. The van der Waals surface area contributed by atoms with Crippen LogP contribution in [-0.2, 0) is 4.79 Å². The first kappa shape index (κ1) is 17.7. The summed E-state index contributed by atoms with van der Waals surface area (Å²) in [6, 6.07) is 8.76. The van der Waals surface area contributed by atoms with Crippen molar-refractivity contribution in [2.75, 3.05) is 19.6 Å². The van der Waals surface area contributed by atoms with Crippen LogP contribution in [-0.4, -0.2) is 31.6 Å². The molecule has 1 aromatic rings. The van der Waals surface area contributed by atoms with Crippen molar-refractivity contribution < 1.29 is 9.69 Å². The molecule has 1 saturated heterocycles. The van der Waals surface area contributed by atoms with E-state index in [-0.39, 0.29) is 5.91 Å². The molecular weight excluding hydrogens is 284 g/mol. The van der Waals surface area contributed by atoms with Gasteiger partial charge in [0, 0.05) is 25.0 Å². The number of carbonyl (C=O) groups excluding carboxylic acids is 1. The van der Waals surface area contributed by atoms with Crippen LogP contribution in [0.5, 0.6) is 0 Å². The van der Waals surface area contributed by atoms with Crippen LogP contribution in [0.1, 0.15) is 57.1 Å². The summed E-state index contributed by atoms with van der Waals surface area (Å²) in [5.74, 6) is 0.568. The summed E-state index contributed by atoms with van der Waals surface area (Å²) in [5.41, 5.74) is 2.40. The van der Waals surface area contributed by atoms with Gasteiger partial charge in [-0.1, -0.05) is 45.0 Å². The Bertz CT molecular complexity index is 511. The van der Waals surface area contributed by atoms with Crippen molar-refractivity contribution in [2.45, 2.75) is 52.0 Å². The Morgan fingerprint density at radius 1 is 1.26 bits per heavy atom. The van der Waals surface area contributed by atoms with E-state index in [1.807, 2.05) is 6.08 Å². The maximum Gasteiger partial charge on any atom is 0.244 e. The predicted octanol–water partition coefficient (Wildman–Crippen LogP) is 2.40. The molecule has 1 fully saturated rings. The zero-order valence-corrected chi connectivity index (χ0v) is 14.8. The minimum absolute atomic E-state index is 0.0295. The van der Waals surface area contributed by atoms with Gasteiger partial charge in [0.1, 0.15) is 0 Å². The summed E-state index contributed by atoms with van der Waals surface area (Å²) in [5, 5.41) is 3.14. The summed E-state index contributed by atoms with van der Waals surface area (Å²) in [4.78, 5) is 13.7. The molecule has 1 heterocycles. The van der Waals surface area contributed by atoms with Gasteiger partial charge in [-0.15, -0.1) is 0 Å².